The van der Waals surface area contributed by atoms with Gasteiger partial charge in [-0.3, -0.25) is 9.69 Å². The Morgan fingerprint density at radius 3 is 2.44 bits per heavy atom. The van der Waals surface area contributed by atoms with Crippen LogP contribution in [0.4, 0.5) is 0 Å². The maximum absolute atomic E-state index is 12.3. The molecule has 0 aromatic carbocycles. The molecule has 0 aromatic heterocycles. The Morgan fingerprint density at radius 2 is 1.89 bits per heavy atom. The molecule has 4 aliphatic heterocycles. The Morgan fingerprint density at radius 1 is 1.28 bits per heavy atom. The van der Waals surface area contributed by atoms with Crippen molar-refractivity contribution in [3.63, 3.8) is 0 Å². The quantitative estimate of drug-likeness (QED) is 0.792. The smallest absolute Gasteiger partial charge is 0.208 e. The summed E-state index contributed by atoms with van der Waals surface area (Å²) < 4.78 is 24.9. The van der Waals surface area contributed by atoms with Crippen LogP contribution in [0.2, 0.25) is 0 Å². The van der Waals surface area contributed by atoms with E-state index in [1.54, 1.807) is 0 Å². The van der Waals surface area contributed by atoms with E-state index in [1.807, 2.05) is 0 Å². The SMILES string of the molecule is CS(=O)(=O)NCC1C(=O)C2CC3CCCC(C2)N31. The zero-order valence-electron chi connectivity index (χ0n) is 10.6. The Kier molecular flexibility index (Phi) is 2.99. The molecule has 4 heterocycles. The van der Waals surface area contributed by atoms with Crippen LogP contribution in [-0.4, -0.2) is 50.0 Å². The molecule has 0 aliphatic carbocycles. The van der Waals surface area contributed by atoms with Crippen LogP contribution in [0.25, 0.3) is 0 Å². The Bertz CT molecular complexity index is 448. The number of hydrogen-bond donors (Lipinski definition) is 1. The normalized spacial score (nSPS) is 43.2. The summed E-state index contributed by atoms with van der Waals surface area (Å²) in [5.41, 5.74) is 0. The molecule has 18 heavy (non-hydrogen) atoms. The first-order valence-electron chi connectivity index (χ1n) is 6.71. The van der Waals surface area contributed by atoms with Crippen molar-refractivity contribution >= 4 is 15.8 Å². The van der Waals surface area contributed by atoms with E-state index < -0.39 is 10.0 Å². The lowest BCUT2D eigenvalue weighted by Gasteiger charge is -2.56. The zero-order chi connectivity index (χ0) is 12.9. The van der Waals surface area contributed by atoms with Crippen molar-refractivity contribution in [1.82, 2.24) is 9.62 Å². The second-order valence-electron chi connectivity index (χ2n) is 5.89. The molecule has 0 amide bonds. The van der Waals surface area contributed by atoms with Gasteiger partial charge in [0.25, 0.3) is 0 Å². The minimum absolute atomic E-state index is 0.177. The first kappa shape index (κ1) is 12.6. The molecule has 3 atom stereocenters. The van der Waals surface area contributed by atoms with Gasteiger partial charge in [0.2, 0.25) is 10.0 Å². The Balaban J connectivity index is 1.79. The fourth-order valence-electron chi connectivity index (χ4n) is 4.01. The lowest BCUT2D eigenvalue weighted by atomic mass is 9.69. The Labute approximate surface area is 108 Å². The molecule has 5 nitrogen and oxygen atoms in total. The first-order valence-corrected chi connectivity index (χ1v) is 8.60. The van der Waals surface area contributed by atoms with E-state index in [4.69, 9.17) is 0 Å². The number of Topliss-reactive ketones (excluding diaryl/α,β-unsaturated/α-hetero) is 1. The van der Waals surface area contributed by atoms with Gasteiger partial charge >= 0.3 is 0 Å². The Hall–Kier alpha value is -0.460. The topological polar surface area (TPSA) is 66.5 Å². The van der Waals surface area contributed by atoms with Gasteiger partial charge in [0, 0.05) is 24.5 Å². The van der Waals surface area contributed by atoms with Crippen LogP contribution in [0, 0.1) is 5.92 Å². The van der Waals surface area contributed by atoms with Gasteiger partial charge in [-0.15, -0.1) is 0 Å². The molecular weight excluding hydrogens is 252 g/mol. The minimum atomic E-state index is -3.22. The van der Waals surface area contributed by atoms with E-state index in [2.05, 4.69) is 9.62 Å². The van der Waals surface area contributed by atoms with Crippen molar-refractivity contribution in [2.45, 2.75) is 50.2 Å². The molecular formula is C12H20N2O3S. The van der Waals surface area contributed by atoms with Gasteiger partial charge in [0.1, 0.15) is 0 Å². The van der Waals surface area contributed by atoms with Crippen LogP contribution in [0.15, 0.2) is 0 Å². The average Bonchev–Trinajstić information content (AvgIpc) is 2.26. The molecule has 4 aliphatic rings. The third-order valence-electron chi connectivity index (χ3n) is 4.66. The van der Waals surface area contributed by atoms with E-state index in [0.29, 0.717) is 12.1 Å². The van der Waals surface area contributed by atoms with Gasteiger partial charge in [-0.25, -0.2) is 13.1 Å². The molecule has 4 bridgehead atoms. The summed E-state index contributed by atoms with van der Waals surface area (Å²) in [5, 5.41) is 0. The predicted molar refractivity (Wildman–Crippen MR) is 67.6 cm³/mol. The summed E-state index contributed by atoms with van der Waals surface area (Å²) in [6, 6.07) is 0.792. The van der Waals surface area contributed by atoms with Gasteiger partial charge in [-0.05, 0) is 25.7 Å². The van der Waals surface area contributed by atoms with Crippen molar-refractivity contribution in [2.24, 2.45) is 5.92 Å². The summed E-state index contributed by atoms with van der Waals surface area (Å²) >= 11 is 0. The van der Waals surface area contributed by atoms with Crippen molar-refractivity contribution in [1.29, 1.82) is 0 Å². The van der Waals surface area contributed by atoms with Gasteiger partial charge in [-0.2, -0.15) is 0 Å². The molecule has 4 rings (SSSR count). The number of carbonyl (C=O) groups excluding carboxylic acids is 1. The van der Waals surface area contributed by atoms with Crippen LogP contribution >= 0.6 is 0 Å². The zero-order valence-corrected chi connectivity index (χ0v) is 11.4. The summed E-state index contributed by atoms with van der Waals surface area (Å²) in [5.74, 6) is 0.428. The molecule has 0 spiro atoms. The molecule has 102 valence electrons. The second-order valence-corrected chi connectivity index (χ2v) is 7.73. The number of nitrogens with one attached hydrogen (secondary N) is 1. The van der Waals surface area contributed by atoms with E-state index in [9.17, 15) is 13.2 Å². The van der Waals surface area contributed by atoms with Crippen molar-refractivity contribution in [3.05, 3.63) is 0 Å². The molecule has 4 fully saturated rings. The number of fused-ring (bicyclic) bond motifs is 1. The molecule has 1 N–H and O–H groups in total. The maximum atomic E-state index is 12.3. The number of hydrogen-bond acceptors (Lipinski definition) is 4. The molecule has 4 saturated heterocycles. The highest BCUT2D eigenvalue weighted by atomic mass is 32.2. The number of nitrogens with zero attached hydrogens (tertiary/aromatic N) is 1. The maximum Gasteiger partial charge on any atom is 0.208 e. The van der Waals surface area contributed by atoms with Crippen molar-refractivity contribution in [2.75, 3.05) is 12.8 Å². The largest absolute Gasteiger partial charge is 0.298 e. The third-order valence-corrected chi connectivity index (χ3v) is 5.35. The van der Waals surface area contributed by atoms with Crippen molar-refractivity contribution in [3.8, 4) is 0 Å². The number of sulfonamides is 1. The molecule has 0 saturated carbocycles. The minimum Gasteiger partial charge on any atom is -0.298 e. The van der Waals surface area contributed by atoms with Crippen LogP contribution in [0.5, 0.6) is 0 Å². The summed E-state index contributed by atoms with van der Waals surface area (Å²) in [4.78, 5) is 14.6. The average molecular weight is 272 g/mol. The van der Waals surface area contributed by atoms with Crippen LogP contribution < -0.4 is 4.72 Å². The first-order chi connectivity index (χ1) is 8.46. The van der Waals surface area contributed by atoms with Gasteiger partial charge in [0.05, 0.1) is 12.3 Å². The van der Waals surface area contributed by atoms with E-state index in [1.165, 1.54) is 6.42 Å². The standard InChI is InChI=1S/C12H20N2O3S/c1-18(16,17)13-7-11-12(15)8-5-9-3-2-4-10(6-8)14(9)11/h8-11,13H,2-7H2,1H3. The van der Waals surface area contributed by atoms with Gasteiger partial charge in [-0.1, -0.05) is 6.42 Å². The number of piperidine rings is 4. The van der Waals surface area contributed by atoms with Gasteiger partial charge in [0.15, 0.2) is 5.78 Å². The lowest BCUT2D eigenvalue weighted by Crippen LogP contribution is -2.68. The molecule has 6 heteroatoms. The molecule has 3 unspecified atom stereocenters. The van der Waals surface area contributed by atoms with Gasteiger partial charge < -0.3 is 0 Å². The van der Waals surface area contributed by atoms with Crippen LogP contribution in [0.3, 0.4) is 0 Å². The summed E-state index contributed by atoms with van der Waals surface area (Å²) in [6.07, 6.45) is 6.70. The van der Waals surface area contributed by atoms with Crippen LogP contribution in [0.1, 0.15) is 32.1 Å². The summed E-state index contributed by atoms with van der Waals surface area (Å²) in [6.45, 7) is 0.251. The monoisotopic (exact) mass is 272 g/mol. The number of rotatable bonds is 3. The highest BCUT2D eigenvalue weighted by molar-refractivity contribution is 7.88. The van der Waals surface area contributed by atoms with Crippen molar-refractivity contribution < 1.29 is 13.2 Å². The molecule has 0 radical (unpaired) electrons. The predicted octanol–water partition coefficient (Wildman–Crippen LogP) is 0.120. The van der Waals surface area contributed by atoms with E-state index >= 15 is 0 Å². The lowest BCUT2D eigenvalue weighted by molar-refractivity contribution is -0.149. The number of carbonyl (C=O) groups is 1. The molecule has 0 aromatic rings. The van der Waals surface area contributed by atoms with Crippen LogP contribution in [-0.2, 0) is 14.8 Å². The second kappa shape index (κ2) is 4.28. The van der Waals surface area contributed by atoms with E-state index in [-0.39, 0.29) is 24.3 Å². The van der Waals surface area contributed by atoms with E-state index in [0.717, 1.165) is 31.9 Å². The third kappa shape index (κ3) is 2.10. The summed E-state index contributed by atoms with van der Waals surface area (Å²) in [7, 11) is -3.22. The fourth-order valence-corrected chi connectivity index (χ4v) is 4.47. The highest BCUT2D eigenvalue weighted by Crippen LogP contribution is 2.43. The highest BCUT2D eigenvalue weighted by Gasteiger charge is 2.51. The number of ketones is 1. The fraction of sp³-hybridized carbons (Fsp3) is 0.917.